The zero-order chi connectivity index (χ0) is 23.1. The fraction of sp³-hybridized carbons (Fsp3) is 0.208. The summed E-state index contributed by atoms with van der Waals surface area (Å²) in [7, 11) is 0. The highest BCUT2D eigenvalue weighted by Crippen LogP contribution is 2.37. The number of aromatic nitrogens is 4. The molecule has 0 atom stereocenters. The van der Waals surface area contributed by atoms with E-state index in [1.54, 1.807) is 11.3 Å². The molecule has 0 bridgehead atoms. The number of hydrogen-bond acceptors (Lipinski definition) is 8. The summed E-state index contributed by atoms with van der Waals surface area (Å²) in [6, 6.07) is 14.0. The van der Waals surface area contributed by atoms with Gasteiger partial charge in [0.05, 0.1) is 10.9 Å². The maximum Gasteiger partial charge on any atom is 0.329 e. The molecule has 8 nitrogen and oxygen atoms in total. The molecule has 0 spiro atoms. The summed E-state index contributed by atoms with van der Waals surface area (Å²) in [5, 5.41) is 6.08. The summed E-state index contributed by atoms with van der Waals surface area (Å²) in [5.74, 6) is 2.06. The van der Waals surface area contributed by atoms with Crippen LogP contribution in [0.4, 0.5) is 0 Å². The number of thiophene rings is 1. The summed E-state index contributed by atoms with van der Waals surface area (Å²) in [6.07, 6.45) is 0. The summed E-state index contributed by atoms with van der Waals surface area (Å²) >= 11 is 7.66. The van der Waals surface area contributed by atoms with E-state index in [-0.39, 0.29) is 23.9 Å². The zero-order valence-corrected chi connectivity index (χ0v) is 19.7. The fourth-order valence-electron chi connectivity index (χ4n) is 3.78. The van der Waals surface area contributed by atoms with E-state index < -0.39 is 5.41 Å². The minimum absolute atomic E-state index is 0.0212. The molecule has 1 aliphatic rings. The van der Waals surface area contributed by atoms with Gasteiger partial charge in [-0.25, -0.2) is 0 Å². The number of nitrogens with one attached hydrogen (secondary N) is 1. The minimum atomic E-state index is -0.405. The van der Waals surface area contributed by atoms with Crippen molar-refractivity contribution in [1.82, 2.24) is 19.9 Å². The van der Waals surface area contributed by atoms with Gasteiger partial charge in [0, 0.05) is 33.1 Å². The van der Waals surface area contributed by atoms with Gasteiger partial charge in [0.25, 0.3) is 0 Å². The van der Waals surface area contributed by atoms with Crippen molar-refractivity contribution in [3.05, 3.63) is 58.5 Å². The van der Waals surface area contributed by atoms with Gasteiger partial charge in [-0.2, -0.15) is 9.97 Å². The molecule has 3 aromatic heterocycles. The van der Waals surface area contributed by atoms with Crippen molar-refractivity contribution in [2.75, 3.05) is 19.8 Å². The number of rotatable bonds is 5. The van der Waals surface area contributed by atoms with Gasteiger partial charge in [-0.15, -0.1) is 16.3 Å². The first kappa shape index (κ1) is 21.0. The van der Waals surface area contributed by atoms with E-state index in [1.165, 1.54) is 0 Å². The molecule has 0 unspecified atom stereocenters. The quantitative estimate of drug-likeness (QED) is 0.326. The highest BCUT2D eigenvalue weighted by atomic mass is 35.5. The Morgan fingerprint density at radius 2 is 1.71 bits per heavy atom. The van der Waals surface area contributed by atoms with Crippen LogP contribution in [0.1, 0.15) is 6.92 Å². The molecular formula is C24H19ClN4O4S. The van der Waals surface area contributed by atoms with Crippen LogP contribution in [0.2, 0.25) is 5.28 Å². The van der Waals surface area contributed by atoms with Crippen molar-refractivity contribution < 1.29 is 18.9 Å². The topological polar surface area (TPSA) is 91.4 Å². The number of nitrogens with zero attached hydrogens (tertiary/aromatic N) is 3. The normalized spacial score (nSPS) is 14.8. The van der Waals surface area contributed by atoms with E-state index in [0.29, 0.717) is 19.0 Å². The van der Waals surface area contributed by atoms with E-state index in [2.05, 4.69) is 26.0 Å². The van der Waals surface area contributed by atoms with E-state index >= 15 is 0 Å². The molecule has 172 valence electrons. The standard InChI is InChI=1S/C24H19ClN4O4S/c1-24(11-30-19-9-34-10-20(19)31-12-24)13-32-22-27-21(25)28-23(29-22)33-14-6-7-16-15-4-2-3-5-17(15)26-18(16)8-14/h2-10,26H,11-13H2,1H3. The van der Waals surface area contributed by atoms with Crippen LogP contribution < -0.4 is 18.9 Å². The van der Waals surface area contributed by atoms with Crippen LogP contribution in [0.3, 0.4) is 0 Å². The van der Waals surface area contributed by atoms with Crippen molar-refractivity contribution in [1.29, 1.82) is 0 Å². The predicted molar refractivity (Wildman–Crippen MR) is 130 cm³/mol. The number of fused-ring (bicyclic) bond motifs is 4. The van der Waals surface area contributed by atoms with E-state index in [1.807, 2.05) is 54.1 Å². The number of halogens is 1. The lowest BCUT2D eigenvalue weighted by atomic mass is 9.94. The van der Waals surface area contributed by atoms with Crippen molar-refractivity contribution in [3.63, 3.8) is 0 Å². The van der Waals surface area contributed by atoms with Gasteiger partial charge in [0.1, 0.15) is 25.6 Å². The Bertz CT molecular complexity index is 1480. The fourth-order valence-corrected chi connectivity index (χ4v) is 4.61. The average molecular weight is 495 g/mol. The number of benzene rings is 2. The highest BCUT2D eigenvalue weighted by Gasteiger charge is 2.32. The van der Waals surface area contributed by atoms with Crippen LogP contribution in [0.5, 0.6) is 29.3 Å². The van der Waals surface area contributed by atoms with Gasteiger partial charge in [-0.3, -0.25) is 0 Å². The SMILES string of the molecule is CC1(COc2nc(Cl)nc(Oc3ccc4c(c3)[nH]c3ccccc34)n2)COc2cscc2OC1. The summed E-state index contributed by atoms with van der Waals surface area (Å²) in [5.41, 5.74) is 1.60. The Morgan fingerprint density at radius 3 is 2.53 bits per heavy atom. The van der Waals surface area contributed by atoms with Gasteiger partial charge >= 0.3 is 12.0 Å². The smallest absolute Gasteiger partial charge is 0.329 e. The third-order valence-electron chi connectivity index (χ3n) is 5.55. The molecule has 34 heavy (non-hydrogen) atoms. The molecule has 1 N–H and O–H groups in total. The predicted octanol–water partition coefficient (Wildman–Crippen LogP) is 5.87. The van der Waals surface area contributed by atoms with Crippen LogP contribution in [-0.4, -0.2) is 39.8 Å². The number of para-hydroxylation sites is 1. The lowest BCUT2D eigenvalue weighted by Gasteiger charge is -2.25. The molecule has 2 aromatic carbocycles. The Kier molecular flexibility index (Phi) is 5.15. The van der Waals surface area contributed by atoms with Crippen LogP contribution in [0, 0.1) is 5.41 Å². The van der Waals surface area contributed by atoms with Gasteiger partial charge in [0.15, 0.2) is 11.5 Å². The average Bonchev–Trinajstić information content (AvgIpc) is 3.40. The third-order valence-corrected chi connectivity index (χ3v) is 6.42. The van der Waals surface area contributed by atoms with Gasteiger partial charge in [-0.1, -0.05) is 18.2 Å². The molecule has 1 aliphatic heterocycles. The Hall–Kier alpha value is -3.56. The molecule has 0 saturated heterocycles. The van der Waals surface area contributed by atoms with Gasteiger partial charge < -0.3 is 23.9 Å². The third kappa shape index (κ3) is 4.08. The molecule has 0 saturated carbocycles. The summed E-state index contributed by atoms with van der Waals surface area (Å²) < 4.78 is 23.5. The maximum absolute atomic E-state index is 6.12. The monoisotopic (exact) mass is 494 g/mol. The van der Waals surface area contributed by atoms with Crippen molar-refractivity contribution in [3.8, 4) is 29.3 Å². The summed E-state index contributed by atoms with van der Waals surface area (Å²) in [6.45, 7) is 3.15. The van der Waals surface area contributed by atoms with Crippen molar-refractivity contribution >= 4 is 44.7 Å². The van der Waals surface area contributed by atoms with Crippen molar-refractivity contribution in [2.45, 2.75) is 6.92 Å². The van der Waals surface area contributed by atoms with Gasteiger partial charge in [-0.05, 0) is 36.7 Å². The van der Waals surface area contributed by atoms with E-state index in [9.17, 15) is 0 Å². The number of aromatic amines is 1. The molecule has 0 radical (unpaired) electrons. The molecule has 0 aliphatic carbocycles. The van der Waals surface area contributed by atoms with E-state index in [0.717, 1.165) is 33.3 Å². The number of ether oxygens (including phenoxy) is 4. The van der Waals surface area contributed by atoms with Crippen LogP contribution >= 0.6 is 22.9 Å². The first-order chi connectivity index (χ1) is 16.5. The maximum atomic E-state index is 6.12. The van der Waals surface area contributed by atoms with E-state index in [4.69, 9.17) is 30.5 Å². The second-order valence-electron chi connectivity index (χ2n) is 8.43. The highest BCUT2D eigenvalue weighted by molar-refractivity contribution is 7.08. The lowest BCUT2D eigenvalue weighted by Crippen LogP contribution is -2.36. The first-order valence-electron chi connectivity index (χ1n) is 10.6. The second-order valence-corrected chi connectivity index (χ2v) is 9.51. The molecular weight excluding hydrogens is 476 g/mol. The minimum Gasteiger partial charge on any atom is -0.488 e. The molecule has 4 heterocycles. The molecule has 5 aromatic rings. The molecule has 0 amide bonds. The van der Waals surface area contributed by atoms with Crippen LogP contribution in [0.25, 0.3) is 21.8 Å². The molecule has 0 fully saturated rings. The Balaban J connectivity index is 1.18. The summed E-state index contributed by atoms with van der Waals surface area (Å²) in [4.78, 5) is 15.8. The first-order valence-corrected chi connectivity index (χ1v) is 11.9. The van der Waals surface area contributed by atoms with Gasteiger partial charge in [0.2, 0.25) is 5.28 Å². The number of H-pyrrole nitrogens is 1. The molecule has 6 rings (SSSR count). The van der Waals surface area contributed by atoms with Crippen molar-refractivity contribution in [2.24, 2.45) is 5.41 Å². The zero-order valence-electron chi connectivity index (χ0n) is 18.1. The Morgan fingerprint density at radius 1 is 0.971 bits per heavy atom. The second kappa shape index (κ2) is 8.34. The largest absolute Gasteiger partial charge is 0.488 e. The molecule has 10 heteroatoms. The Labute approximate surface area is 203 Å². The number of hydrogen-bond donors (Lipinski definition) is 1. The van der Waals surface area contributed by atoms with Crippen LogP contribution in [0.15, 0.2) is 53.2 Å². The lowest BCUT2D eigenvalue weighted by molar-refractivity contribution is 0.0607. The van der Waals surface area contributed by atoms with Crippen LogP contribution in [-0.2, 0) is 0 Å².